The van der Waals surface area contributed by atoms with Crippen LogP contribution in [0.15, 0.2) is 24.3 Å². The number of ether oxygens (including phenoxy) is 1. The summed E-state index contributed by atoms with van der Waals surface area (Å²) in [6.07, 6.45) is -2.47. The van der Waals surface area contributed by atoms with Gasteiger partial charge in [0, 0.05) is 5.56 Å². The Kier molecular flexibility index (Phi) is 5.66. The van der Waals surface area contributed by atoms with Crippen molar-refractivity contribution < 1.29 is 22.7 Å². The van der Waals surface area contributed by atoms with Gasteiger partial charge >= 0.3 is 6.18 Å². The van der Waals surface area contributed by atoms with Crippen LogP contribution in [0.25, 0.3) is 0 Å². The summed E-state index contributed by atoms with van der Waals surface area (Å²) >= 11 is 0. The average molecular weight is 275 g/mol. The summed E-state index contributed by atoms with van der Waals surface area (Å²) in [5.74, 6) is -0.154. The van der Waals surface area contributed by atoms with Crippen LogP contribution in [0.2, 0.25) is 0 Å². The van der Waals surface area contributed by atoms with E-state index in [9.17, 15) is 18.0 Å². The molecule has 0 saturated carbocycles. The lowest BCUT2D eigenvalue weighted by molar-refractivity contribution is -0.123. The molecule has 0 atom stereocenters. The number of carbonyl (C=O) groups is 1. The van der Waals surface area contributed by atoms with Crippen molar-refractivity contribution in [2.24, 2.45) is 0 Å². The minimum atomic E-state index is -4.40. The summed E-state index contributed by atoms with van der Waals surface area (Å²) < 4.78 is 41.2. The number of halogens is 3. The van der Waals surface area contributed by atoms with Crippen LogP contribution in [0.4, 0.5) is 13.2 Å². The van der Waals surface area contributed by atoms with Crippen molar-refractivity contribution in [3.63, 3.8) is 0 Å². The van der Waals surface area contributed by atoms with Gasteiger partial charge in [-0.2, -0.15) is 13.2 Å². The van der Waals surface area contributed by atoms with E-state index < -0.39 is 18.6 Å². The predicted octanol–water partition coefficient (Wildman–Crippen LogP) is 3.16. The topological polar surface area (TPSA) is 38.3 Å². The fraction of sp³-hybridized carbons (Fsp3) is 0.462. The average Bonchev–Trinajstić information content (AvgIpc) is 2.36. The third-order valence-electron chi connectivity index (χ3n) is 2.33. The molecule has 0 heterocycles. The zero-order valence-electron chi connectivity index (χ0n) is 10.6. The predicted molar refractivity (Wildman–Crippen MR) is 65.2 cm³/mol. The molecular formula is C13H16F3NO2. The lowest BCUT2D eigenvalue weighted by Crippen LogP contribution is -2.33. The Bertz CT molecular complexity index is 401. The quantitative estimate of drug-likeness (QED) is 0.810. The molecule has 0 fully saturated rings. The van der Waals surface area contributed by atoms with Crippen LogP contribution in [-0.4, -0.2) is 25.2 Å². The molecule has 1 aromatic carbocycles. The van der Waals surface area contributed by atoms with E-state index in [2.05, 4.69) is 0 Å². The fourth-order valence-electron chi connectivity index (χ4n) is 1.32. The van der Waals surface area contributed by atoms with Gasteiger partial charge in [0.15, 0.2) is 0 Å². The van der Waals surface area contributed by atoms with Crippen molar-refractivity contribution in [3.8, 4) is 5.75 Å². The van der Waals surface area contributed by atoms with Gasteiger partial charge in [0.2, 0.25) is 0 Å². The van der Waals surface area contributed by atoms with Gasteiger partial charge in [0.25, 0.3) is 5.91 Å². The molecule has 6 heteroatoms. The molecule has 0 aliphatic heterocycles. The van der Waals surface area contributed by atoms with Crippen molar-refractivity contribution in [3.05, 3.63) is 29.8 Å². The summed E-state index contributed by atoms with van der Waals surface area (Å²) in [7, 11) is 0. The molecule has 19 heavy (non-hydrogen) atoms. The lowest BCUT2D eigenvalue weighted by Gasteiger charge is -2.09. The number of amides is 1. The van der Waals surface area contributed by atoms with Crippen LogP contribution < -0.4 is 10.1 Å². The van der Waals surface area contributed by atoms with E-state index in [-0.39, 0.29) is 5.56 Å². The summed E-state index contributed by atoms with van der Waals surface area (Å²) in [6, 6.07) is 6.01. The first kappa shape index (κ1) is 15.3. The highest BCUT2D eigenvalue weighted by Crippen LogP contribution is 2.14. The molecule has 1 N–H and O–H groups in total. The number of alkyl halides is 3. The first-order valence-electron chi connectivity index (χ1n) is 6.00. The number of hydrogen-bond acceptors (Lipinski definition) is 2. The molecule has 0 aliphatic rings. The molecule has 0 aromatic heterocycles. The van der Waals surface area contributed by atoms with Crippen LogP contribution in [0.1, 0.15) is 30.1 Å². The van der Waals surface area contributed by atoms with E-state index >= 15 is 0 Å². The summed E-state index contributed by atoms with van der Waals surface area (Å²) in [4.78, 5) is 11.4. The third-order valence-corrected chi connectivity index (χ3v) is 2.33. The zero-order chi connectivity index (χ0) is 14.3. The molecule has 0 radical (unpaired) electrons. The lowest BCUT2D eigenvalue weighted by atomic mass is 10.2. The van der Waals surface area contributed by atoms with Gasteiger partial charge < -0.3 is 10.1 Å². The second kappa shape index (κ2) is 7.01. The molecule has 1 aromatic rings. The third kappa shape index (κ3) is 6.13. The second-order valence-electron chi connectivity index (χ2n) is 4.02. The van der Waals surface area contributed by atoms with Gasteiger partial charge in [-0.25, -0.2) is 0 Å². The first-order chi connectivity index (χ1) is 8.92. The van der Waals surface area contributed by atoms with Crippen molar-refractivity contribution in [2.45, 2.75) is 25.9 Å². The Balaban J connectivity index is 2.48. The molecule has 106 valence electrons. The Morgan fingerprint density at radius 2 is 1.89 bits per heavy atom. The van der Waals surface area contributed by atoms with Gasteiger partial charge in [-0.1, -0.05) is 13.3 Å². The first-order valence-corrected chi connectivity index (χ1v) is 6.00. The van der Waals surface area contributed by atoms with E-state index in [1.165, 1.54) is 12.1 Å². The highest BCUT2D eigenvalue weighted by atomic mass is 19.4. The fourth-order valence-corrected chi connectivity index (χ4v) is 1.32. The van der Waals surface area contributed by atoms with Crippen molar-refractivity contribution in [2.75, 3.05) is 13.2 Å². The second-order valence-corrected chi connectivity index (χ2v) is 4.02. The van der Waals surface area contributed by atoms with Gasteiger partial charge in [0.05, 0.1) is 6.61 Å². The van der Waals surface area contributed by atoms with Crippen LogP contribution in [0.3, 0.4) is 0 Å². The van der Waals surface area contributed by atoms with Crippen molar-refractivity contribution in [1.82, 2.24) is 5.32 Å². The zero-order valence-corrected chi connectivity index (χ0v) is 10.6. The van der Waals surface area contributed by atoms with Gasteiger partial charge in [0.1, 0.15) is 12.3 Å². The maximum atomic E-state index is 11.9. The van der Waals surface area contributed by atoms with E-state index in [4.69, 9.17) is 4.74 Å². The Labute approximate surface area is 109 Å². The van der Waals surface area contributed by atoms with Gasteiger partial charge in [-0.15, -0.1) is 0 Å². The molecule has 1 rings (SSSR count). The number of nitrogens with one attached hydrogen (secondary N) is 1. The smallest absolute Gasteiger partial charge is 0.405 e. The SMILES string of the molecule is CCCCOc1ccc(C(=O)NCC(F)(F)F)cc1. The van der Waals surface area contributed by atoms with Crippen molar-refractivity contribution in [1.29, 1.82) is 0 Å². The molecule has 0 saturated heterocycles. The maximum Gasteiger partial charge on any atom is 0.405 e. The summed E-state index contributed by atoms with van der Waals surface area (Å²) in [6.45, 7) is 1.29. The van der Waals surface area contributed by atoms with Crippen LogP contribution >= 0.6 is 0 Å². The summed E-state index contributed by atoms with van der Waals surface area (Å²) in [5, 5.41) is 1.81. The van der Waals surface area contributed by atoms with E-state index in [1.807, 2.05) is 6.92 Å². The summed E-state index contributed by atoms with van der Waals surface area (Å²) in [5.41, 5.74) is 0.173. The Morgan fingerprint density at radius 1 is 1.26 bits per heavy atom. The standard InChI is InChI=1S/C13H16F3NO2/c1-2-3-8-19-11-6-4-10(5-7-11)12(18)17-9-13(14,15)16/h4-7H,2-3,8-9H2,1H3,(H,17,18). The molecule has 1 amide bonds. The van der Waals surface area contributed by atoms with Crippen LogP contribution in [0.5, 0.6) is 5.75 Å². The molecular weight excluding hydrogens is 259 g/mol. The molecule has 0 spiro atoms. The molecule has 0 bridgehead atoms. The Morgan fingerprint density at radius 3 is 2.42 bits per heavy atom. The minimum absolute atomic E-state index is 0.173. The van der Waals surface area contributed by atoms with Crippen molar-refractivity contribution >= 4 is 5.91 Å². The number of unbranched alkanes of at least 4 members (excludes halogenated alkanes) is 1. The molecule has 3 nitrogen and oxygen atoms in total. The normalized spacial score (nSPS) is 11.2. The number of carbonyl (C=O) groups excluding carboxylic acids is 1. The van der Waals surface area contributed by atoms with E-state index in [1.54, 1.807) is 17.4 Å². The largest absolute Gasteiger partial charge is 0.494 e. The maximum absolute atomic E-state index is 11.9. The van der Waals surface area contributed by atoms with E-state index in [0.717, 1.165) is 12.8 Å². The van der Waals surface area contributed by atoms with Crippen LogP contribution in [-0.2, 0) is 0 Å². The highest BCUT2D eigenvalue weighted by molar-refractivity contribution is 5.94. The number of rotatable bonds is 6. The Hall–Kier alpha value is -1.72. The van der Waals surface area contributed by atoms with Gasteiger partial charge in [-0.05, 0) is 30.7 Å². The van der Waals surface area contributed by atoms with Crippen LogP contribution in [0, 0.1) is 0 Å². The molecule has 0 unspecified atom stereocenters. The monoisotopic (exact) mass is 275 g/mol. The minimum Gasteiger partial charge on any atom is -0.494 e. The van der Waals surface area contributed by atoms with E-state index in [0.29, 0.717) is 12.4 Å². The number of benzene rings is 1. The molecule has 0 aliphatic carbocycles. The number of hydrogen-bond donors (Lipinski definition) is 1. The van der Waals surface area contributed by atoms with Gasteiger partial charge in [-0.3, -0.25) is 4.79 Å². The highest BCUT2D eigenvalue weighted by Gasteiger charge is 2.27.